The molecule has 1 heterocycles. The van der Waals surface area contributed by atoms with Crippen molar-refractivity contribution in [2.45, 2.75) is 32.4 Å². The molecule has 0 aromatic heterocycles. The minimum absolute atomic E-state index is 0.0209. The number of aliphatic hydroxyl groups excluding tert-OH is 1. The number of carbonyl (C=O) groups excluding carboxylic acids is 1. The highest BCUT2D eigenvalue weighted by Crippen LogP contribution is 2.05. The summed E-state index contributed by atoms with van der Waals surface area (Å²) in [5.74, 6) is -1.26. The van der Waals surface area contributed by atoms with Crippen LogP contribution in [0, 0.1) is 0 Å². The van der Waals surface area contributed by atoms with Crippen LogP contribution in [0.15, 0.2) is 0 Å². The van der Waals surface area contributed by atoms with E-state index in [2.05, 4.69) is 24.1 Å². The van der Waals surface area contributed by atoms with E-state index in [0.717, 1.165) is 13.1 Å². The van der Waals surface area contributed by atoms with E-state index in [1.807, 2.05) is 0 Å². The van der Waals surface area contributed by atoms with Crippen molar-refractivity contribution in [1.82, 2.24) is 15.1 Å². The molecule has 0 saturated carbocycles. The molecule has 0 spiro atoms. The minimum atomic E-state index is -1.42. The van der Waals surface area contributed by atoms with Gasteiger partial charge in [0.05, 0.1) is 0 Å². The zero-order chi connectivity index (χ0) is 14.4. The molecule has 7 nitrogen and oxygen atoms in total. The molecule has 0 bridgehead atoms. The van der Waals surface area contributed by atoms with Gasteiger partial charge in [-0.15, -0.1) is 0 Å². The summed E-state index contributed by atoms with van der Waals surface area (Å²) < 4.78 is 0. The molecule has 0 aromatic carbocycles. The average molecular weight is 273 g/mol. The Morgan fingerprint density at radius 3 is 2.26 bits per heavy atom. The van der Waals surface area contributed by atoms with Crippen LogP contribution in [0.2, 0.25) is 0 Å². The zero-order valence-corrected chi connectivity index (χ0v) is 11.5. The van der Waals surface area contributed by atoms with Gasteiger partial charge in [-0.3, -0.25) is 4.90 Å². The number of aliphatic hydroxyl groups is 1. The highest BCUT2D eigenvalue weighted by molar-refractivity contribution is 5.74. The van der Waals surface area contributed by atoms with Gasteiger partial charge in [-0.1, -0.05) is 0 Å². The van der Waals surface area contributed by atoms with Crippen molar-refractivity contribution in [2.24, 2.45) is 0 Å². The average Bonchev–Trinajstić information content (AvgIpc) is 2.38. The normalized spacial score (nSPS) is 18.4. The number of nitrogens with one attached hydrogen (secondary N) is 1. The summed E-state index contributed by atoms with van der Waals surface area (Å²) in [7, 11) is 0. The maximum absolute atomic E-state index is 11.8. The van der Waals surface area contributed by atoms with Gasteiger partial charge in [-0.25, -0.2) is 9.59 Å². The summed E-state index contributed by atoms with van der Waals surface area (Å²) in [6.07, 6.45) is -1.40. The maximum Gasteiger partial charge on any atom is 0.332 e. The lowest BCUT2D eigenvalue weighted by molar-refractivity contribution is -0.146. The number of nitrogens with zero attached hydrogens (tertiary/aromatic N) is 2. The van der Waals surface area contributed by atoms with Gasteiger partial charge in [-0.2, -0.15) is 0 Å². The quantitative estimate of drug-likeness (QED) is 0.631. The summed E-state index contributed by atoms with van der Waals surface area (Å²) in [4.78, 5) is 26.2. The Hall–Kier alpha value is -1.34. The van der Waals surface area contributed by atoms with Crippen molar-refractivity contribution >= 4 is 12.0 Å². The summed E-state index contributed by atoms with van der Waals surface area (Å²) in [5.41, 5.74) is 0. The van der Waals surface area contributed by atoms with E-state index in [9.17, 15) is 9.59 Å². The van der Waals surface area contributed by atoms with Crippen LogP contribution in [0.1, 0.15) is 20.3 Å². The third-order valence-corrected chi connectivity index (χ3v) is 3.31. The fraction of sp³-hybridized carbons (Fsp3) is 0.833. The summed E-state index contributed by atoms with van der Waals surface area (Å²) in [6.45, 7) is 7.46. The fourth-order valence-electron chi connectivity index (χ4n) is 1.99. The lowest BCUT2D eigenvalue weighted by Gasteiger charge is -2.36. The molecule has 110 valence electrons. The lowest BCUT2D eigenvalue weighted by atomic mass is 10.2. The monoisotopic (exact) mass is 273 g/mol. The molecule has 0 radical (unpaired) electrons. The Balaban J connectivity index is 2.23. The number of rotatable bonds is 5. The molecule has 3 N–H and O–H groups in total. The van der Waals surface area contributed by atoms with E-state index in [1.165, 1.54) is 0 Å². The molecule has 1 rings (SSSR count). The van der Waals surface area contributed by atoms with E-state index >= 15 is 0 Å². The van der Waals surface area contributed by atoms with Crippen molar-refractivity contribution < 1.29 is 19.8 Å². The second-order valence-corrected chi connectivity index (χ2v) is 4.99. The number of carboxylic acids is 1. The third-order valence-electron chi connectivity index (χ3n) is 3.31. The predicted molar refractivity (Wildman–Crippen MR) is 69.9 cm³/mol. The fourth-order valence-corrected chi connectivity index (χ4v) is 1.99. The van der Waals surface area contributed by atoms with E-state index < -0.39 is 12.1 Å². The molecule has 0 aromatic rings. The Kier molecular flexibility index (Phi) is 6.04. The molecule has 1 aliphatic heterocycles. The molecular weight excluding hydrogens is 250 g/mol. The van der Waals surface area contributed by atoms with Gasteiger partial charge >= 0.3 is 12.0 Å². The first-order valence-corrected chi connectivity index (χ1v) is 6.59. The number of carbonyl (C=O) groups is 2. The first-order valence-electron chi connectivity index (χ1n) is 6.59. The van der Waals surface area contributed by atoms with Crippen molar-refractivity contribution in [1.29, 1.82) is 0 Å². The number of piperazine rings is 1. The van der Waals surface area contributed by atoms with E-state index in [1.54, 1.807) is 4.90 Å². The third kappa shape index (κ3) is 5.04. The Bertz CT molecular complexity index is 314. The smallest absolute Gasteiger partial charge is 0.332 e. The Morgan fingerprint density at radius 1 is 1.21 bits per heavy atom. The number of carboxylic acid groups (broad SMARTS) is 1. The van der Waals surface area contributed by atoms with Crippen molar-refractivity contribution in [2.75, 3.05) is 32.7 Å². The van der Waals surface area contributed by atoms with Gasteiger partial charge in [0.25, 0.3) is 0 Å². The zero-order valence-electron chi connectivity index (χ0n) is 11.5. The molecular formula is C12H23N3O4. The van der Waals surface area contributed by atoms with Gasteiger partial charge in [0.15, 0.2) is 6.10 Å². The van der Waals surface area contributed by atoms with E-state index in [-0.39, 0.29) is 19.0 Å². The molecule has 0 aliphatic carbocycles. The van der Waals surface area contributed by atoms with Gasteiger partial charge < -0.3 is 20.4 Å². The molecule has 1 saturated heterocycles. The molecule has 1 fully saturated rings. The maximum atomic E-state index is 11.8. The van der Waals surface area contributed by atoms with Crippen LogP contribution in [0.5, 0.6) is 0 Å². The van der Waals surface area contributed by atoms with Crippen LogP contribution >= 0.6 is 0 Å². The second-order valence-electron chi connectivity index (χ2n) is 4.99. The van der Waals surface area contributed by atoms with E-state index in [4.69, 9.17) is 10.2 Å². The molecule has 1 atom stereocenters. The van der Waals surface area contributed by atoms with Crippen LogP contribution in [0.4, 0.5) is 4.79 Å². The molecule has 2 amide bonds. The van der Waals surface area contributed by atoms with Crippen molar-refractivity contribution in [3.8, 4) is 0 Å². The standard InChI is InChI=1S/C12H23N3O4/c1-9(2)14-5-7-15(8-6-14)12(19)13-4-3-10(16)11(17)18/h9-10,16H,3-8H2,1-2H3,(H,13,19)(H,17,18)/t10-/m0/s1. The van der Waals surface area contributed by atoms with Gasteiger partial charge in [-0.05, 0) is 13.8 Å². The van der Waals surface area contributed by atoms with Crippen LogP contribution in [0.25, 0.3) is 0 Å². The molecule has 1 aliphatic rings. The largest absolute Gasteiger partial charge is 0.479 e. The lowest BCUT2D eigenvalue weighted by Crippen LogP contribution is -2.53. The SMILES string of the molecule is CC(C)N1CCN(C(=O)NCC[C@H](O)C(=O)O)CC1. The minimum Gasteiger partial charge on any atom is -0.479 e. The van der Waals surface area contributed by atoms with Crippen LogP contribution < -0.4 is 5.32 Å². The predicted octanol–water partition coefficient (Wildman–Crippen LogP) is -0.442. The summed E-state index contributed by atoms with van der Waals surface area (Å²) in [5, 5.41) is 20.2. The summed E-state index contributed by atoms with van der Waals surface area (Å²) in [6, 6.07) is 0.289. The second kappa shape index (κ2) is 7.30. The number of amides is 2. The van der Waals surface area contributed by atoms with Gasteiger partial charge in [0.1, 0.15) is 0 Å². The molecule has 19 heavy (non-hydrogen) atoms. The van der Waals surface area contributed by atoms with Gasteiger partial charge in [0, 0.05) is 45.2 Å². The first-order chi connectivity index (χ1) is 8.91. The Labute approximate surface area is 113 Å². The van der Waals surface area contributed by atoms with Crippen molar-refractivity contribution in [3.63, 3.8) is 0 Å². The topological polar surface area (TPSA) is 93.1 Å². The van der Waals surface area contributed by atoms with Crippen LogP contribution in [-0.2, 0) is 4.79 Å². The van der Waals surface area contributed by atoms with Crippen LogP contribution in [-0.4, -0.2) is 76.9 Å². The number of hydrogen-bond donors (Lipinski definition) is 3. The first kappa shape index (κ1) is 15.7. The summed E-state index contributed by atoms with van der Waals surface area (Å²) >= 11 is 0. The molecule has 0 unspecified atom stereocenters. The van der Waals surface area contributed by atoms with Gasteiger partial charge in [0.2, 0.25) is 0 Å². The number of aliphatic carboxylic acids is 1. The number of urea groups is 1. The van der Waals surface area contributed by atoms with Crippen LogP contribution in [0.3, 0.4) is 0 Å². The molecule has 7 heteroatoms. The van der Waals surface area contributed by atoms with Crippen molar-refractivity contribution in [3.05, 3.63) is 0 Å². The van der Waals surface area contributed by atoms with E-state index in [0.29, 0.717) is 19.1 Å². The highest BCUT2D eigenvalue weighted by atomic mass is 16.4. The highest BCUT2D eigenvalue weighted by Gasteiger charge is 2.22. The number of hydrogen-bond acceptors (Lipinski definition) is 4. The Morgan fingerprint density at radius 2 is 1.79 bits per heavy atom.